The molecule has 148 valence electrons. The van der Waals surface area contributed by atoms with Gasteiger partial charge in [-0.25, -0.2) is 0 Å². The van der Waals surface area contributed by atoms with E-state index in [1.165, 1.54) is 23.5 Å². The van der Waals surface area contributed by atoms with E-state index < -0.39 is 0 Å². The minimum Gasteiger partial charge on any atom is -0.484 e. The van der Waals surface area contributed by atoms with Gasteiger partial charge in [-0.3, -0.25) is 4.79 Å². The molecule has 0 radical (unpaired) electrons. The van der Waals surface area contributed by atoms with Crippen LogP contribution in [-0.2, 0) is 10.3 Å². The monoisotopic (exact) mass is 433 g/mol. The second-order valence-corrected chi connectivity index (χ2v) is 10.4. The van der Waals surface area contributed by atoms with E-state index in [9.17, 15) is 4.79 Å². The van der Waals surface area contributed by atoms with E-state index in [-0.39, 0.29) is 18.1 Å². The number of thioether (sulfide) groups is 2. The first-order valence-electron chi connectivity index (χ1n) is 9.68. The third kappa shape index (κ3) is 4.64. The van der Waals surface area contributed by atoms with Crippen LogP contribution in [0.5, 0.6) is 5.75 Å². The smallest absolute Gasteiger partial charge is 0.258 e. The summed E-state index contributed by atoms with van der Waals surface area (Å²) in [6, 6.07) is 15.9. The van der Waals surface area contributed by atoms with Crippen molar-refractivity contribution in [3.05, 3.63) is 64.7 Å². The molecule has 4 rings (SSSR count). The zero-order valence-electron chi connectivity index (χ0n) is 15.7. The summed E-state index contributed by atoms with van der Waals surface area (Å²) in [4.78, 5) is 12.5. The van der Waals surface area contributed by atoms with Gasteiger partial charge in [0.15, 0.2) is 6.61 Å². The third-order valence-corrected chi connectivity index (χ3v) is 8.60. The van der Waals surface area contributed by atoms with E-state index in [0.717, 1.165) is 30.6 Å². The predicted octanol–water partition coefficient (Wildman–Crippen LogP) is 5.78. The summed E-state index contributed by atoms with van der Waals surface area (Å²) in [6.45, 7) is 0.0294. The number of halogens is 1. The van der Waals surface area contributed by atoms with Crippen molar-refractivity contribution >= 4 is 41.0 Å². The van der Waals surface area contributed by atoms with E-state index in [1.54, 1.807) is 0 Å². The fourth-order valence-electron chi connectivity index (χ4n) is 3.64. The van der Waals surface area contributed by atoms with Crippen LogP contribution in [0.25, 0.3) is 0 Å². The molecule has 1 heterocycles. The molecular weight excluding hydrogens is 410 g/mol. The second kappa shape index (κ2) is 9.02. The molecule has 0 aromatic heterocycles. The van der Waals surface area contributed by atoms with Crippen LogP contribution in [0.3, 0.4) is 0 Å². The highest BCUT2D eigenvalue weighted by Gasteiger charge is 2.40. The van der Waals surface area contributed by atoms with Crippen LogP contribution in [0, 0.1) is 0 Å². The Balaban J connectivity index is 1.32. The van der Waals surface area contributed by atoms with Gasteiger partial charge in [0, 0.05) is 5.02 Å². The molecule has 2 aliphatic rings. The van der Waals surface area contributed by atoms with Crippen molar-refractivity contribution in [1.29, 1.82) is 0 Å². The predicted molar refractivity (Wildman–Crippen MR) is 119 cm³/mol. The minimum absolute atomic E-state index is 0.0294. The Hall–Kier alpha value is -1.30. The van der Waals surface area contributed by atoms with Gasteiger partial charge in [0.1, 0.15) is 5.75 Å². The Labute approximate surface area is 180 Å². The Morgan fingerprint density at radius 3 is 2.32 bits per heavy atom. The fraction of sp³-hybridized carbons (Fsp3) is 0.409. The van der Waals surface area contributed by atoms with Crippen molar-refractivity contribution in [2.45, 2.75) is 35.8 Å². The van der Waals surface area contributed by atoms with Gasteiger partial charge in [-0.05, 0) is 72.6 Å². The molecule has 2 aromatic rings. The molecule has 0 atom stereocenters. The van der Waals surface area contributed by atoms with Crippen molar-refractivity contribution in [3.63, 3.8) is 0 Å². The van der Waals surface area contributed by atoms with Gasteiger partial charge >= 0.3 is 0 Å². The lowest BCUT2D eigenvalue weighted by Gasteiger charge is -2.43. The molecule has 0 unspecified atom stereocenters. The molecule has 3 nitrogen and oxygen atoms in total. The number of benzene rings is 2. The summed E-state index contributed by atoms with van der Waals surface area (Å²) in [6.07, 6.45) is 4.31. The lowest BCUT2D eigenvalue weighted by Crippen LogP contribution is -2.52. The molecule has 2 fully saturated rings. The maximum atomic E-state index is 12.5. The average molecular weight is 434 g/mol. The Kier molecular flexibility index (Phi) is 6.44. The molecule has 0 spiro atoms. The molecule has 1 saturated heterocycles. The largest absolute Gasteiger partial charge is 0.484 e. The fourth-order valence-corrected chi connectivity index (χ4v) is 6.66. The molecule has 0 bridgehead atoms. The summed E-state index contributed by atoms with van der Waals surface area (Å²) in [5.41, 5.74) is 2.16. The van der Waals surface area contributed by atoms with Crippen molar-refractivity contribution in [2.24, 2.45) is 0 Å². The first-order valence-corrected chi connectivity index (χ1v) is 12.2. The van der Waals surface area contributed by atoms with Gasteiger partial charge < -0.3 is 10.1 Å². The average Bonchev–Trinajstić information content (AvgIpc) is 2.71. The highest BCUT2D eigenvalue weighted by atomic mass is 35.5. The number of amides is 1. The summed E-state index contributed by atoms with van der Waals surface area (Å²) in [5.74, 6) is 3.10. The lowest BCUT2D eigenvalue weighted by molar-refractivity contribution is -0.126. The van der Waals surface area contributed by atoms with Crippen LogP contribution in [0.1, 0.15) is 41.4 Å². The van der Waals surface area contributed by atoms with Gasteiger partial charge in [0.2, 0.25) is 0 Å². The number of carbonyl (C=O) groups excluding carboxylic acids is 1. The summed E-state index contributed by atoms with van der Waals surface area (Å²) in [7, 11) is 0. The second-order valence-electron chi connectivity index (χ2n) is 7.28. The molecular formula is C22H24ClNO2S2. The first kappa shape index (κ1) is 20.0. The normalized spacial score (nSPS) is 18.9. The molecule has 28 heavy (non-hydrogen) atoms. The molecule has 2 aromatic carbocycles. The quantitative estimate of drug-likeness (QED) is 0.626. The van der Waals surface area contributed by atoms with Crippen molar-refractivity contribution in [3.8, 4) is 5.75 Å². The highest BCUT2D eigenvalue weighted by molar-refractivity contribution is 8.16. The van der Waals surface area contributed by atoms with Gasteiger partial charge in [-0.15, -0.1) is 23.5 Å². The van der Waals surface area contributed by atoms with E-state index in [0.29, 0.717) is 9.60 Å². The van der Waals surface area contributed by atoms with Crippen molar-refractivity contribution in [1.82, 2.24) is 5.32 Å². The first-order chi connectivity index (χ1) is 13.6. The zero-order valence-corrected chi connectivity index (χ0v) is 18.0. The molecule has 1 N–H and O–H groups in total. The van der Waals surface area contributed by atoms with Crippen molar-refractivity contribution in [2.75, 3.05) is 18.1 Å². The van der Waals surface area contributed by atoms with Gasteiger partial charge in [0.25, 0.3) is 5.91 Å². The van der Waals surface area contributed by atoms with E-state index >= 15 is 0 Å². The number of hydrogen-bond donors (Lipinski definition) is 1. The summed E-state index contributed by atoms with van der Waals surface area (Å²) >= 11 is 10.0. The number of carbonyl (C=O) groups is 1. The van der Waals surface area contributed by atoms with Crippen LogP contribution >= 0.6 is 35.1 Å². The topological polar surface area (TPSA) is 38.3 Å². The van der Waals surface area contributed by atoms with Crippen LogP contribution < -0.4 is 10.1 Å². The summed E-state index contributed by atoms with van der Waals surface area (Å²) < 4.78 is 6.25. The van der Waals surface area contributed by atoms with Gasteiger partial charge in [-0.1, -0.05) is 35.9 Å². The molecule has 1 saturated carbocycles. The SMILES string of the molecule is O=C(COc1ccc(C2SCCCS2)cc1)NC1(c2ccc(Cl)cc2)CCC1. The number of nitrogens with one attached hydrogen (secondary N) is 1. The number of hydrogen-bond acceptors (Lipinski definition) is 4. The maximum Gasteiger partial charge on any atom is 0.258 e. The molecule has 1 aliphatic carbocycles. The zero-order chi connectivity index (χ0) is 19.4. The Bertz CT molecular complexity index is 800. The maximum absolute atomic E-state index is 12.5. The van der Waals surface area contributed by atoms with Crippen molar-refractivity contribution < 1.29 is 9.53 Å². The van der Waals surface area contributed by atoms with Crippen LogP contribution in [0.4, 0.5) is 0 Å². The Morgan fingerprint density at radius 2 is 1.71 bits per heavy atom. The van der Waals surface area contributed by atoms with Gasteiger partial charge in [0.05, 0.1) is 10.1 Å². The molecule has 6 heteroatoms. The molecule has 1 amide bonds. The molecule has 1 aliphatic heterocycles. The summed E-state index contributed by atoms with van der Waals surface area (Å²) in [5, 5.41) is 3.89. The van der Waals surface area contributed by atoms with Gasteiger partial charge in [-0.2, -0.15) is 0 Å². The van der Waals surface area contributed by atoms with Crippen LogP contribution in [-0.4, -0.2) is 24.0 Å². The Morgan fingerprint density at radius 1 is 1.04 bits per heavy atom. The lowest BCUT2D eigenvalue weighted by atomic mass is 9.72. The van der Waals surface area contributed by atoms with E-state index in [1.807, 2.05) is 59.9 Å². The van der Waals surface area contributed by atoms with Crippen LogP contribution in [0.15, 0.2) is 48.5 Å². The highest BCUT2D eigenvalue weighted by Crippen LogP contribution is 2.44. The van der Waals surface area contributed by atoms with E-state index in [4.69, 9.17) is 16.3 Å². The number of rotatable bonds is 6. The van der Waals surface area contributed by atoms with Crippen LogP contribution in [0.2, 0.25) is 5.02 Å². The minimum atomic E-state index is -0.273. The van der Waals surface area contributed by atoms with E-state index in [2.05, 4.69) is 17.4 Å². The third-order valence-electron chi connectivity index (χ3n) is 5.33. The standard InChI is InChI=1S/C22H24ClNO2S2/c23-18-7-5-17(6-8-18)22(11-1-12-22)24-20(25)15-26-19-9-3-16(4-10-19)21-27-13-2-14-28-21/h3-10,21H,1-2,11-15H2,(H,24,25). The number of ether oxygens (including phenoxy) is 1.